The van der Waals surface area contributed by atoms with Gasteiger partial charge in [-0.25, -0.2) is 0 Å². The Labute approximate surface area is 94.0 Å². The van der Waals surface area contributed by atoms with E-state index < -0.39 is 0 Å². The predicted molar refractivity (Wildman–Crippen MR) is 61.7 cm³/mol. The fourth-order valence-electron chi connectivity index (χ4n) is 0.934. The highest BCUT2D eigenvalue weighted by Crippen LogP contribution is 1.99. The zero-order valence-electron chi connectivity index (χ0n) is 8.74. The highest BCUT2D eigenvalue weighted by molar-refractivity contribution is 7.80. The molecule has 0 spiro atoms. The zero-order valence-corrected chi connectivity index (χ0v) is 9.56. The standard InChI is InChI=1S/C10H14N2O2S/c1-3-7(2)11-10(15)12-9(13)8-5-4-6-14-8/h4-7H,3H2,1-2H3,(H2,11,12,13,15)/t7-/m1/s1. The summed E-state index contributed by atoms with van der Waals surface area (Å²) in [6.45, 7) is 4.03. The summed E-state index contributed by atoms with van der Waals surface area (Å²) in [5.74, 6) is -0.0795. The van der Waals surface area contributed by atoms with Crippen LogP contribution in [-0.2, 0) is 0 Å². The third-order valence-electron chi connectivity index (χ3n) is 1.96. The van der Waals surface area contributed by atoms with Gasteiger partial charge >= 0.3 is 0 Å². The van der Waals surface area contributed by atoms with Gasteiger partial charge in [0.25, 0.3) is 5.91 Å². The maximum atomic E-state index is 11.5. The molecule has 4 nitrogen and oxygen atoms in total. The Balaban J connectivity index is 2.42. The van der Waals surface area contributed by atoms with Gasteiger partial charge in [-0.15, -0.1) is 0 Å². The summed E-state index contributed by atoms with van der Waals surface area (Å²) in [5.41, 5.74) is 0. The van der Waals surface area contributed by atoms with Crippen molar-refractivity contribution in [3.8, 4) is 0 Å². The number of carbonyl (C=O) groups excluding carboxylic acids is 1. The van der Waals surface area contributed by atoms with Crippen molar-refractivity contribution >= 4 is 23.2 Å². The van der Waals surface area contributed by atoms with Crippen LogP contribution in [0.1, 0.15) is 30.8 Å². The van der Waals surface area contributed by atoms with Crippen molar-refractivity contribution in [2.75, 3.05) is 0 Å². The molecular weight excluding hydrogens is 212 g/mol. The number of nitrogens with one attached hydrogen (secondary N) is 2. The van der Waals surface area contributed by atoms with Crippen molar-refractivity contribution in [1.29, 1.82) is 0 Å². The van der Waals surface area contributed by atoms with Gasteiger partial charge in [0.1, 0.15) is 0 Å². The van der Waals surface area contributed by atoms with E-state index in [1.807, 2.05) is 13.8 Å². The summed E-state index contributed by atoms with van der Waals surface area (Å²) in [6, 6.07) is 3.48. The van der Waals surface area contributed by atoms with Crippen molar-refractivity contribution < 1.29 is 9.21 Å². The minimum Gasteiger partial charge on any atom is -0.459 e. The summed E-state index contributed by atoms with van der Waals surface area (Å²) in [4.78, 5) is 11.5. The number of hydrogen-bond donors (Lipinski definition) is 2. The third-order valence-corrected chi connectivity index (χ3v) is 2.18. The summed E-state index contributed by atoms with van der Waals surface area (Å²) in [6.07, 6.45) is 2.39. The molecule has 1 atom stereocenters. The van der Waals surface area contributed by atoms with Crippen LogP contribution < -0.4 is 10.6 Å². The summed E-state index contributed by atoms with van der Waals surface area (Å²) in [5, 5.41) is 5.84. The Morgan fingerprint density at radius 1 is 1.67 bits per heavy atom. The lowest BCUT2D eigenvalue weighted by atomic mass is 10.3. The maximum Gasteiger partial charge on any atom is 0.293 e. The second-order valence-electron chi connectivity index (χ2n) is 3.21. The Hall–Kier alpha value is -1.36. The molecule has 1 heterocycles. The first-order valence-electron chi connectivity index (χ1n) is 4.78. The van der Waals surface area contributed by atoms with Crippen LogP contribution in [0.4, 0.5) is 0 Å². The first-order chi connectivity index (χ1) is 7.13. The second-order valence-corrected chi connectivity index (χ2v) is 3.62. The van der Waals surface area contributed by atoms with E-state index in [4.69, 9.17) is 16.6 Å². The first-order valence-corrected chi connectivity index (χ1v) is 5.19. The Morgan fingerprint density at radius 2 is 2.40 bits per heavy atom. The summed E-state index contributed by atoms with van der Waals surface area (Å²) < 4.78 is 4.93. The molecule has 1 aromatic heterocycles. The van der Waals surface area contributed by atoms with Gasteiger partial charge in [-0.1, -0.05) is 6.92 Å². The lowest BCUT2D eigenvalue weighted by molar-refractivity contribution is 0.0949. The molecule has 0 saturated carbocycles. The van der Waals surface area contributed by atoms with Gasteiger partial charge in [-0.2, -0.15) is 0 Å². The SMILES string of the molecule is CC[C@@H](C)NC(=S)NC(=O)c1ccco1. The van der Waals surface area contributed by atoms with E-state index in [0.29, 0.717) is 5.11 Å². The molecule has 0 unspecified atom stereocenters. The molecule has 15 heavy (non-hydrogen) atoms. The summed E-state index contributed by atoms with van der Waals surface area (Å²) >= 11 is 4.96. The van der Waals surface area contributed by atoms with Crippen molar-refractivity contribution in [2.45, 2.75) is 26.3 Å². The topological polar surface area (TPSA) is 54.3 Å². The molecule has 0 radical (unpaired) electrons. The van der Waals surface area contributed by atoms with E-state index in [0.717, 1.165) is 6.42 Å². The van der Waals surface area contributed by atoms with Crippen LogP contribution in [-0.4, -0.2) is 17.1 Å². The van der Waals surface area contributed by atoms with E-state index in [2.05, 4.69) is 10.6 Å². The van der Waals surface area contributed by atoms with Gasteiger partial charge in [0, 0.05) is 6.04 Å². The van der Waals surface area contributed by atoms with Gasteiger partial charge in [0.15, 0.2) is 10.9 Å². The Kier molecular flexibility index (Phi) is 4.30. The molecule has 1 aromatic rings. The van der Waals surface area contributed by atoms with Gasteiger partial charge in [0.2, 0.25) is 0 Å². The number of hydrogen-bond acceptors (Lipinski definition) is 3. The monoisotopic (exact) mass is 226 g/mol. The van der Waals surface area contributed by atoms with Crippen LogP contribution in [0, 0.1) is 0 Å². The predicted octanol–water partition coefficient (Wildman–Crippen LogP) is 1.68. The fourth-order valence-corrected chi connectivity index (χ4v) is 1.23. The third kappa shape index (κ3) is 3.71. The van der Waals surface area contributed by atoms with E-state index in [1.165, 1.54) is 6.26 Å². The Morgan fingerprint density at radius 3 is 2.93 bits per heavy atom. The number of amides is 1. The van der Waals surface area contributed by atoms with Gasteiger partial charge in [0.05, 0.1) is 6.26 Å². The molecule has 0 saturated heterocycles. The average Bonchev–Trinajstić information content (AvgIpc) is 2.70. The van der Waals surface area contributed by atoms with E-state index in [-0.39, 0.29) is 17.7 Å². The highest BCUT2D eigenvalue weighted by Gasteiger charge is 2.10. The highest BCUT2D eigenvalue weighted by atomic mass is 32.1. The fraction of sp³-hybridized carbons (Fsp3) is 0.400. The molecular formula is C10H14N2O2S. The molecule has 5 heteroatoms. The number of rotatable bonds is 3. The smallest absolute Gasteiger partial charge is 0.293 e. The number of furan rings is 1. The van der Waals surface area contributed by atoms with Crippen molar-refractivity contribution in [2.24, 2.45) is 0 Å². The van der Waals surface area contributed by atoms with Crippen LogP contribution >= 0.6 is 12.2 Å². The molecule has 2 N–H and O–H groups in total. The van der Waals surface area contributed by atoms with E-state index in [1.54, 1.807) is 12.1 Å². The molecule has 0 aliphatic heterocycles. The van der Waals surface area contributed by atoms with Crippen LogP contribution in [0.2, 0.25) is 0 Å². The maximum absolute atomic E-state index is 11.5. The molecule has 82 valence electrons. The number of thiocarbonyl (C=S) groups is 1. The largest absolute Gasteiger partial charge is 0.459 e. The van der Waals surface area contributed by atoms with Gasteiger partial charge < -0.3 is 9.73 Å². The quantitative estimate of drug-likeness (QED) is 0.770. The average molecular weight is 226 g/mol. The molecule has 0 bridgehead atoms. The molecule has 0 aliphatic rings. The normalized spacial score (nSPS) is 11.9. The molecule has 1 rings (SSSR count). The lowest BCUT2D eigenvalue weighted by Gasteiger charge is -2.13. The molecule has 1 amide bonds. The van der Waals surface area contributed by atoms with Gasteiger partial charge in [-0.05, 0) is 37.7 Å². The van der Waals surface area contributed by atoms with Crippen molar-refractivity contribution in [3.05, 3.63) is 24.2 Å². The summed E-state index contributed by atoms with van der Waals surface area (Å²) in [7, 11) is 0. The van der Waals surface area contributed by atoms with Crippen LogP contribution in [0.3, 0.4) is 0 Å². The van der Waals surface area contributed by atoms with E-state index >= 15 is 0 Å². The lowest BCUT2D eigenvalue weighted by Crippen LogP contribution is -2.42. The molecule has 0 fully saturated rings. The minimum atomic E-state index is -0.333. The van der Waals surface area contributed by atoms with Crippen LogP contribution in [0.25, 0.3) is 0 Å². The van der Waals surface area contributed by atoms with E-state index in [9.17, 15) is 4.79 Å². The minimum absolute atomic E-state index is 0.245. The molecule has 0 aromatic carbocycles. The van der Waals surface area contributed by atoms with Crippen LogP contribution in [0.5, 0.6) is 0 Å². The van der Waals surface area contributed by atoms with Crippen molar-refractivity contribution in [3.63, 3.8) is 0 Å². The number of carbonyl (C=O) groups is 1. The zero-order chi connectivity index (χ0) is 11.3. The van der Waals surface area contributed by atoms with Gasteiger partial charge in [-0.3, -0.25) is 10.1 Å². The first kappa shape index (κ1) is 11.7. The molecule has 0 aliphatic carbocycles. The van der Waals surface area contributed by atoms with Crippen LogP contribution in [0.15, 0.2) is 22.8 Å². The Bertz CT molecular complexity index is 335. The van der Waals surface area contributed by atoms with Crippen molar-refractivity contribution in [1.82, 2.24) is 10.6 Å². The second kappa shape index (κ2) is 5.50.